The van der Waals surface area contributed by atoms with Gasteiger partial charge in [-0.1, -0.05) is 29.4 Å². The molecule has 0 unspecified atom stereocenters. The zero-order valence-corrected chi connectivity index (χ0v) is 14.7. The van der Waals surface area contributed by atoms with Gasteiger partial charge in [0, 0.05) is 23.5 Å². The van der Waals surface area contributed by atoms with Crippen LogP contribution in [0.1, 0.15) is 11.1 Å². The Kier molecular flexibility index (Phi) is 4.43. The average Bonchev–Trinajstić information content (AvgIpc) is 3.18. The van der Waals surface area contributed by atoms with Gasteiger partial charge < -0.3 is 4.52 Å². The molecule has 0 spiro atoms. The van der Waals surface area contributed by atoms with Crippen LogP contribution in [0.3, 0.4) is 0 Å². The van der Waals surface area contributed by atoms with Crippen molar-refractivity contribution in [2.24, 2.45) is 0 Å². The summed E-state index contributed by atoms with van der Waals surface area (Å²) in [5.74, 6) is 0.685. The minimum Gasteiger partial charge on any atom is -0.334 e. The molecule has 0 bridgehead atoms. The quantitative estimate of drug-likeness (QED) is 0.450. The summed E-state index contributed by atoms with van der Waals surface area (Å²) in [4.78, 5) is 8.37. The van der Waals surface area contributed by atoms with Crippen molar-refractivity contribution in [1.82, 2.24) is 15.1 Å². The topological polar surface area (TPSA) is 51.8 Å². The molecule has 4 aromatic rings. The van der Waals surface area contributed by atoms with Gasteiger partial charge in [-0.15, -0.1) is 0 Å². The van der Waals surface area contributed by atoms with Gasteiger partial charge in [0.2, 0.25) is 5.82 Å². The Labute approximate surface area is 158 Å². The van der Waals surface area contributed by atoms with E-state index in [1.165, 1.54) is 12.1 Å². The first-order chi connectivity index (χ1) is 13.4. The van der Waals surface area contributed by atoms with Gasteiger partial charge in [0.25, 0.3) is 5.89 Å². The van der Waals surface area contributed by atoms with Crippen molar-refractivity contribution in [2.75, 3.05) is 0 Å². The van der Waals surface area contributed by atoms with E-state index in [1.807, 2.05) is 6.07 Å². The fraction of sp³-hybridized carbons (Fsp3) is 0.0952. The molecule has 0 radical (unpaired) electrons. The fourth-order valence-corrected chi connectivity index (χ4v) is 3.02. The van der Waals surface area contributed by atoms with Gasteiger partial charge in [-0.3, -0.25) is 4.98 Å². The highest BCUT2D eigenvalue weighted by atomic mass is 19.4. The van der Waals surface area contributed by atoms with Crippen LogP contribution in [0.2, 0.25) is 0 Å². The maximum atomic E-state index is 13.3. The molecule has 0 N–H and O–H groups in total. The van der Waals surface area contributed by atoms with Crippen molar-refractivity contribution in [2.45, 2.75) is 13.1 Å². The Hall–Kier alpha value is -3.48. The number of alkyl halides is 3. The zero-order chi connectivity index (χ0) is 19.7. The van der Waals surface area contributed by atoms with Crippen LogP contribution in [0.4, 0.5) is 13.2 Å². The van der Waals surface area contributed by atoms with Crippen molar-refractivity contribution in [3.05, 3.63) is 78.1 Å². The van der Waals surface area contributed by atoms with Gasteiger partial charge >= 0.3 is 6.18 Å². The minimum atomic E-state index is -4.42. The summed E-state index contributed by atoms with van der Waals surface area (Å²) >= 11 is 0. The molecule has 0 amide bonds. The van der Waals surface area contributed by atoms with Crippen LogP contribution in [0.15, 0.2) is 71.5 Å². The number of aryl methyl sites for hydroxylation is 1. The molecule has 0 saturated carbocycles. The minimum absolute atomic E-state index is 0.139. The molecule has 2 heterocycles. The van der Waals surface area contributed by atoms with Crippen molar-refractivity contribution >= 4 is 0 Å². The summed E-state index contributed by atoms with van der Waals surface area (Å²) in [6.45, 7) is 1.75. The molecule has 28 heavy (non-hydrogen) atoms. The molecule has 0 atom stereocenters. The largest absolute Gasteiger partial charge is 0.417 e. The monoisotopic (exact) mass is 381 g/mol. The molecule has 2 aromatic heterocycles. The third kappa shape index (κ3) is 3.38. The number of aromatic nitrogens is 3. The van der Waals surface area contributed by atoms with Crippen LogP contribution in [0.5, 0.6) is 0 Å². The van der Waals surface area contributed by atoms with Crippen LogP contribution in [-0.2, 0) is 6.18 Å². The molecule has 4 nitrogen and oxygen atoms in total. The Morgan fingerprint density at radius 3 is 2.43 bits per heavy atom. The molecule has 0 aliphatic carbocycles. The maximum Gasteiger partial charge on any atom is 0.417 e. The maximum absolute atomic E-state index is 13.3. The number of hydrogen-bond donors (Lipinski definition) is 0. The first-order valence-electron chi connectivity index (χ1n) is 8.45. The van der Waals surface area contributed by atoms with E-state index < -0.39 is 11.7 Å². The Bertz CT molecular complexity index is 1120. The van der Waals surface area contributed by atoms with E-state index in [0.29, 0.717) is 28.1 Å². The summed E-state index contributed by atoms with van der Waals surface area (Å²) in [6, 6.07) is 14.2. The van der Waals surface area contributed by atoms with Gasteiger partial charge in [-0.25, -0.2) is 0 Å². The van der Waals surface area contributed by atoms with E-state index in [-0.39, 0.29) is 11.5 Å². The van der Waals surface area contributed by atoms with Crippen LogP contribution in [0, 0.1) is 6.92 Å². The molecule has 0 saturated heterocycles. The Balaban J connectivity index is 1.72. The SMILES string of the molecule is Cc1cc(-c2nc(-c3cccnc3)no2)ccc1-c1ccccc1C(F)(F)F. The third-order valence-electron chi connectivity index (χ3n) is 4.34. The highest BCUT2D eigenvalue weighted by Crippen LogP contribution is 2.38. The van der Waals surface area contributed by atoms with Crippen molar-refractivity contribution < 1.29 is 17.7 Å². The van der Waals surface area contributed by atoms with E-state index in [9.17, 15) is 13.2 Å². The smallest absolute Gasteiger partial charge is 0.334 e. The summed E-state index contributed by atoms with van der Waals surface area (Å²) in [5, 5.41) is 3.94. The second-order valence-electron chi connectivity index (χ2n) is 6.24. The fourth-order valence-electron chi connectivity index (χ4n) is 3.02. The molecular weight excluding hydrogens is 367 g/mol. The second-order valence-corrected chi connectivity index (χ2v) is 6.24. The number of hydrogen-bond acceptors (Lipinski definition) is 4. The van der Waals surface area contributed by atoms with Gasteiger partial charge in [-0.05, 0) is 53.9 Å². The lowest BCUT2D eigenvalue weighted by atomic mass is 9.94. The predicted octanol–water partition coefficient (Wildman–Crippen LogP) is 5.79. The zero-order valence-electron chi connectivity index (χ0n) is 14.7. The number of rotatable bonds is 3. The molecule has 2 aromatic carbocycles. The first-order valence-corrected chi connectivity index (χ1v) is 8.45. The van der Waals surface area contributed by atoms with Gasteiger partial charge in [0.15, 0.2) is 0 Å². The highest BCUT2D eigenvalue weighted by Gasteiger charge is 2.33. The molecule has 4 rings (SSSR count). The molecule has 0 aliphatic heterocycles. The molecule has 0 aliphatic rings. The van der Waals surface area contributed by atoms with E-state index in [0.717, 1.165) is 6.07 Å². The van der Waals surface area contributed by atoms with Gasteiger partial charge in [0.05, 0.1) is 5.56 Å². The van der Waals surface area contributed by atoms with Crippen molar-refractivity contribution in [3.8, 4) is 34.0 Å². The summed E-state index contributed by atoms with van der Waals surface area (Å²) in [5.41, 5.74) is 2.00. The summed E-state index contributed by atoms with van der Waals surface area (Å²) in [7, 11) is 0. The lowest BCUT2D eigenvalue weighted by Gasteiger charge is -2.14. The lowest BCUT2D eigenvalue weighted by molar-refractivity contribution is -0.137. The number of pyridine rings is 1. The van der Waals surface area contributed by atoms with Crippen LogP contribution < -0.4 is 0 Å². The molecular formula is C21H14F3N3O. The predicted molar refractivity (Wildman–Crippen MR) is 98.1 cm³/mol. The molecule has 0 fully saturated rings. The van der Waals surface area contributed by atoms with E-state index in [2.05, 4.69) is 15.1 Å². The van der Waals surface area contributed by atoms with Crippen LogP contribution in [0.25, 0.3) is 34.0 Å². The van der Waals surface area contributed by atoms with Crippen molar-refractivity contribution in [1.29, 1.82) is 0 Å². The second kappa shape index (κ2) is 6.92. The van der Waals surface area contributed by atoms with Gasteiger partial charge in [-0.2, -0.15) is 18.2 Å². The third-order valence-corrected chi connectivity index (χ3v) is 4.34. The summed E-state index contributed by atoms with van der Waals surface area (Å²) < 4.78 is 45.3. The molecule has 7 heteroatoms. The first kappa shape index (κ1) is 17.9. The van der Waals surface area contributed by atoms with E-state index in [1.54, 1.807) is 49.6 Å². The normalized spacial score (nSPS) is 11.6. The van der Waals surface area contributed by atoms with Gasteiger partial charge in [0.1, 0.15) is 0 Å². The van der Waals surface area contributed by atoms with Crippen molar-refractivity contribution in [3.63, 3.8) is 0 Å². The Morgan fingerprint density at radius 1 is 0.893 bits per heavy atom. The number of benzene rings is 2. The number of halogens is 3. The molecule has 140 valence electrons. The Morgan fingerprint density at radius 2 is 1.71 bits per heavy atom. The van der Waals surface area contributed by atoms with E-state index >= 15 is 0 Å². The average molecular weight is 381 g/mol. The summed E-state index contributed by atoms with van der Waals surface area (Å²) in [6.07, 6.45) is -1.16. The van der Waals surface area contributed by atoms with Crippen LogP contribution >= 0.6 is 0 Å². The standard InChI is InChI=1S/C21H14F3N3O/c1-13-11-14(20-26-19(27-28-20)15-5-4-10-25-12-15)8-9-16(13)17-6-2-3-7-18(17)21(22,23)24/h2-12H,1H3. The van der Waals surface area contributed by atoms with E-state index in [4.69, 9.17) is 4.52 Å². The lowest BCUT2D eigenvalue weighted by Crippen LogP contribution is -2.07. The highest BCUT2D eigenvalue weighted by molar-refractivity contribution is 5.74. The number of nitrogens with zero attached hydrogens (tertiary/aromatic N) is 3. The van der Waals surface area contributed by atoms with Crippen LogP contribution in [-0.4, -0.2) is 15.1 Å².